The van der Waals surface area contributed by atoms with Crippen LogP contribution in [-0.2, 0) is 9.53 Å². The van der Waals surface area contributed by atoms with Gasteiger partial charge in [-0.1, -0.05) is 12.8 Å². The van der Waals surface area contributed by atoms with Crippen molar-refractivity contribution in [2.24, 2.45) is 11.8 Å². The monoisotopic (exact) mass is 278 g/mol. The quantitative estimate of drug-likeness (QED) is 0.706. The van der Waals surface area contributed by atoms with E-state index in [-0.39, 0.29) is 18.9 Å². The van der Waals surface area contributed by atoms with Gasteiger partial charge >= 0.3 is 12.1 Å². The van der Waals surface area contributed by atoms with Gasteiger partial charge in [0.05, 0.1) is 11.8 Å². The van der Waals surface area contributed by atoms with E-state index in [0.29, 0.717) is 12.8 Å². The molecule has 0 bridgehead atoms. The Kier molecular flexibility index (Phi) is 4.74. The molecule has 0 aliphatic heterocycles. The van der Waals surface area contributed by atoms with Crippen molar-refractivity contribution in [2.45, 2.75) is 70.1 Å². The number of carbonyl (C=O) groups is 1. The molecule has 2 atom stereocenters. The molecule has 2 aliphatic carbocycles. The van der Waals surface area contributed by atoms with Gasteiger partial charge in [-0.25, -0.2) is 0 Å². The van der Waals surface area contributed by atoms with Gasteiger partial charge in [-0.3, -0.25) is 4.79 Å². The van der Waals surface area contributed by atoms with Gasteiger partial charge in [-0.15, -0.1) is 0 Å². The molecule has 110 valence electrons. The molecule has 19 heavy (non-hydrogen) atoms. The molecule has 0 amide bonds. The average Bonchev–Trinajstić information content (AvgIpc) is 2.39. The summed E-state index contributed by atoms with van der Waals surface area (Å²) in [6.07, 6.45) is 1.81. The van der Waals surface area contributed by atoms with Gasteiger partial charge in [-0.05, 0) is 44.9 Å². The van der Waals surface area contributed by atoms with Gasteiger partial charge in [0.2, 0.25) is 0 Å². The number of hydrogen-bond donors (Lipinski definition) is 0. The number of halogens is 3. The van der Waals surface area contributed by atoms with Crippen LogP contribution in [0.3, 0.4) is 0 Å². The van der Waals surface area contributed by atoms with Crippen LogP contribution < -0.4 is 0 Å². The van der Waals surface area contributed by atoms with Gasteiger partial charge in [0, 0.05) is 0 Å². The lowest BCUT2D eigenvalue weighted by Crippen LogP contribution is -2.34. The summed E-state index contributed by atoms with van der Waals surface area (Å²) in [4.78, 5) is 11.9. The lowest BCUT2D eigenvalue weighted by atomic mass is 9.81. The van der Waals surface area contributed by atoms with E-state index in [1.165, 1.54) is 0 Å². The van der Waals surface area contributed by atoms with E-state index in [1.807, 2.05) is 0 Å². The highest BCUT2D eigenvalue weighted by Gasteiger charge is 2.44. The van der Waals surface area contributed by atoms with Crippen LogP contribution in [0.1, 0.15) is 57.8 Å². The first-order chi connectivity index (χ1) is 8.97. The third-order valence-corrected chi connectivity index (χ3v) is 4.31. The van der Waals surface area contributed by atoms with Crippen molar-refractivity contribution in [3.05, 3.63) is 0 Å². The third-order valence-electron chi connectivity index (χ3n) is 4.31. The highest BCUT2D eigenvalue weighted by Crippen LogP contribution is 2.40. The molecule has 0 aromatic rings. The Hall–Kier alpha value is -0.740. The van der Waals surface area contributed by atoms with Crippen molar-refractivity contribution in [1.29, 1.82) is 0 Å². The van der Waals surface area contributed by atoms with Crippen molar-refractivity contribution < 1.29 is 22.7 Å². The molecular formula is C14H21F3O2. The lowest BCUT2D eigenvalue weighted by molar-refractivity contribution is -0.190. The summed E-state index contributed by atoms with van der Waals surface area (Å²) < 4.78 is 43.4. The largest absolute Gasteiger partial charge is 0.462 e. The van der Waals surface area contributed by atoms with Crippen molar-refractivity contribution in [1.82, 2.24) is 0 Å². The highest BCUT2D eigenvalue weighted by atomic mass is 19.4. The number of hydrogen-bond acceptors (Lipinski definition) is 2. The first kappa shape index (κ1) is 14.7. The minimum atomic E-state index is -4.18. The Balaban J connectivity index is 1.84. The Morgan fingerprint density at radius 3 is 2.26 bits per heavy atom. The van der Waals surface area contributed by atoms with Crippen LogP contribution in [0.2, 0.25) is 0 Å². The van der Waals surface area contributed by atoms with E-state index in [2.05, 4.69) is 0 Å². The fraction of sp³-hybridized carbons (Fsp3) is 0.929. The standard InChI is InChI=1S/C14H21F3O2/c15-14(16,17)11-6-4-5-10(9-11)13(18)19-12-7-2-1-3-8-12/h10-12H,1-9H2. The number of carbonyl (C=O) groups excluding carboxylic acids is 1. The number of esters is 1. The predicted molar refractivity (Wildman–Crippen MR) is 64.5 cm³/mol. The van der Waals surface area contributed by atoms with Crippen LogP contribution in [0.4, 0.5) is 13.2 Å². The van der Waals surface area contributed by atoms with Crippen LogP contribution in [0.25, 0.3) is 0 Å². The van der Waals surface area contributed by atoms with Crippen LogP contribution >= 0.6 is 0 Å². The second-order valence-corrected chi connectivity index (χ2v) is 5.80. The predicted octanol–water partition coefficient (Wildman–Crippen LogP) is 4.23. The zero-order valence-electron chi connectivity index (χ0n) is 11.0. The van der Waals surface area contributed by atoms with E-state index in [9.17, 15) is 18.0 Å². The summed E-state index contributed by atoms with van der Waals surface area (Å²) in [5, 5.41) is 0. The van der Waals surface area contributed by atoms with Crippen LogP contribution in [0, 0.1) is 11.8 Å². The normalized spacial score (nSPS) is 30.1. The van der Waals surface area contributed by atoms with E-state index in [1.54, 1.807) is 0 Å². The Morgan fingerprint density at radius 2 is 1.63 bits per heavy atom. The smallest absolute Gasteiger partial charge is 0.391 e. The minimum absolute atomic E-state index is 0.0625. The zero-order chi connectivity index (χ0) is 13.9. The van der Waals surface area contributed by atoms with E-state index in [4.69, 9.17) is 4.74 Å². The van der Waals surface area contributed by atoms with Gasteiger partial charge in [0.1, 0.15) is 6.10 Å². The fourth-order valence-corrected chi connectivity index (χ4v) is 3.14. The van der Waals surface area contributed by atoms with Gasteiger partial charge in [0.15, 0.2) is 0 Å². The Labute approximate surface area is 111 Å². The third kappa shape index (κ3) is 4.11. The number of rotatable bonds is 2. The molecule has 2 unspecified atom stereocenters. The lowest BCUT2D eigenvalue weighted by Gasteiger charge is -2.31. The molecule has 2 aliphatic rings. The molecule has 2 fully saturated rings. The maximum Gasteiger partial charge on any atom is 0.391 e. The molecule has 2 rings (SSSR count). The van der Waals surface area contributed by atoms with E-state index >= 15 is 0 Å². The van der Waals surface area contributed by atoms with Crippen LogP contribution in [0.5, 0.6) is 0 Å². The summed E-state index contributed by atoms with van der Waals surface area (Å²) in [6.45, 7) is 0. The van der Waals surface area contributed by atoms with Gasteiger partial charge < -0.3 is 4.74 Å². The number of ether oxygens (including phenoxy) is 1. The molecule has 0 aromatic heterocycles. The summed E-state index contributed by atoms with van der Waals surface area (Å²) in [5.74, 6) is -2.28. The molecule has 5 heteroatoms. The second kappa shape index (κ2) is 6.14. The molecule has 0 saturated heterocycles. The van der Waals surface area contributed by atoms with Crippen LogP contribution in [0.15, 0.2) is 0 Å². The molecule has 2 saturated carbocycles. The molecule has 0 aromatic carbocycles. The van der Waals surface area contributed by atoms with Gasteiger partial charge in [-0.2, -0.15) is 13.2 Å². The highest BCUT2D eigenvalue weighted by molar-refractivity contribution is 5.72. The van der Waals surface area contributed by atoms with E-state index < -0.39 is 24.0 Å². The Morgan fingerprint density at radius 1 is 0.947 bits per heavy atom. The molecule has 2 nitrogen and oxygen atoms in total. The van der Waals surface area contributed by atoms with Crippen molar-refractivity contribution in [2.75, 3.05) is 0 Å². The maximum absolute atomic E-state index is 12.7. The molecule has 0 spiro atoms. The van der Waals surface area contributed by atoms with Crippen molar-refractivity contribution >= 4 is 5.97 Å². The molecule has 0 heterocycles. The molecule has 0 N–H and O–H groups in total. The molecule has 0 radical (unpaired) electrons. The van der Waals surface area contributed by atoms with Crippen molar-refractivity contribution in [3.8, 4) is 0 Å². The molecular weight excluding hydrogens is 257 g/mol. The first-order valence-electron chi connectivity index (χ1n) is 7.24. The zero-order valence-corrected chi connectivity index (χ0v) is 11.0. The van der Waals surface area contributed by atoms with Crippen LogP contribution in [-0.4, -0.2) is 18.2 Å². The average molecular weight is 278 g/mol. The second-order valence-electron chi connectivity index (χ2n) is 5.80. The van der Waals surface area contributed by atoms with E-state index in [0.717, 1.165) is 32.1 Å². The SMILES string of the molecule is O=C(OC1CCCCC1)C1CCCC(C(F)(F)F)C1. The van der Waals surface area contributed by atoms with Crippen molar-refractivity contribution in [3.63, 3.8) is 0 Å². The number of alkyl halides is 3. The minimum Gasteiger partial charge on any atom is -0.462 e. The summed E-state index contributed by atoms with van der Waals surface area (Å²) in [6, 6.07) is 0. The summed E-state index contributed by atoms with van der Waals surface area (Å²) >= 11 is 0. The first-order valence-corrected chi connectivity index (χ1v) is 7.24. The topological polar surface area (TPSA) is 26.3 Å². The summed E-state index contributed by atoms with van der Waals surface area (Å²) in [5.41, 5.74) is 0. The summed E-state index contributed by atoms with van der Waals surface area (Å²) in [7, 11) is 0. The maximum atomic E-state index is 12.7. The fourth-order valence-electron chi connectivity index (χ4n) is 3.14. The van der Waals surface area contributed by atoms with Gasteiger partial charge in [0.25, 0.3) is 0 Å². The Bertz CT molecular complexity index is 308.